The van der Waals surface area contributed by atoms with E-state index in [0.717, 1.165) is 12.1 Å². The summed E-state index contributed by atoms with van der Waals surface area (Å²) in [6, 6.07) is 7.72. The summed E-state index contributed by atoms with van der Waals surface area (Å²) in [4.78, 5) is 0. The molecule has 0 bridgehead atoms. The third kappa shape index (κ3) is 2.71. The highest BCUT2D eigenvalue weighted by Gasteiger charge is 2.12. The Hall–Kier alpha value is -2.00. The molecule has 0 heterocycles. The van der Waals surface area contributed by atoms with Crippen molar-refractivity contribution in [2.45, 2.75) is 0 Å². The van der Waals surface area contributed by atoms with Crippen molar-refractivity contribution in [2.24, 2.45) is 0 Å². The van der Waals surface area contributed by atoms with Gasteiger partial charge in [0, 0.05) is 11.8 Å². The Labute approximate surface area is 115 Å². The SMILES string of the molecule is N#Cc1ccc(Nc2ccc(F)c(F)c2)c(F)c1Br. The van der Waals surface area contributed by atoms with Gasteiger partial charge < -0.3 is 5.32 Å². The zero-order valence-electron chi connectivity index (χ0n) is 9.35. The van der Waals surface area contributed by atoms with Crippen LogP contribution in [0.4, 0.5) is 24.5 Å². The number of hydrogen-bond acceptors (Lipinski definition) is 2. The lowest BCUT2D eigenvalue weighted by Gasteiger charge is -2.09. The summed E-state index contributed by atoms with van der Waals surface area (Å²) in [6.45, 7) is 0. The first-order valence-corrected chi connectivity index (χ1v) is 5.92. The molecule has 0 aliphatic rings. The van der Waals surface area contributed by atoms with Gasteiger partial charge in [0.2, 0.25) is 0 Å². The first-order valence-electron chi connectivity index (χ1n) is 5.13. The van der Waals surface area contributed by atoms with Crippen LogP contribution >= 0.6 is 15.9 Å². The highest BCUT2D eigenvalue weighted by atomic mass is 79.9. The molecule has 0 radical (unpaired) electrons. The number of benzene rings is 2. The van der Waals surface area contributed by atoms with E-state index in [0.29, 0.717) is 0 Å². The second-order valence-corrected chi connectivity index (χ2v) is 4.45. The molecular weight excluding hydrogens is 321 g/mol. The predicted octanol–water partition coefficient (Wildman–Crippen LogP) is 4.48. The molecule has 0 saturated heterocycles. The van der Waals surface area contributed by atoms with Crippen molar-refractivity contribution >= 4 is 27.3 Å². The predicted molar refractivity (Wildman–Crippen MR) is 68.5 cm³/mol. The minimum absolute atomic E-state index is 0.0163. The zero-order valence-corrected chi connectivity index (χ0v) is 10.9. The number of rotatable bonds is 2. The van der Waals surface area contributed by atoms with E-state index in [9.17, 15) is 13.2 Å². The number of anilines is 2. The second kappa shape index (κ2) is 5.33. The van der Waals surface area contributed by atoms with Gasteiger partial charge >= 0.3 is 0 Å². The van der Waals surface area contributed by atoms with Crippen LogP contribution in [0.5, 0.6) is 0 Å². The van der Waals surface area contributed by atoms with E-state index in [4.69, 9.17) is 5.26 Å². The van der Waals surface area contributed by atoms with Crippen molar-refractivity contribution in [3.63, 3.8) is 0 Å². The smallest absolute Gasteiger partial charge is 0.162 e. The minimum atomic E-state index is -1.03. The van der Waals surface area contributed by atoms with Crippen LogP contribution < -0.4 is 5.32 Å². The van der Waals surface area contributed by atoms with Gasteiger partial charge in [-0.3, -0.25) is 0 Å². The monoisotopic (exact) mass is 326 g/mol. The van der Waals surface area contributed by atoms with E-state index in [-0.39, 0.29) is 21.4 Å². The molecule has 0 amide bonds. The van der Waals surface area contributed by atoms with Gasteiger partial charge in [-0.15, -0.1) is 0 Å². The number of nitrogens with zero attached hydrogens (tertiary/aromatic N) is 1. The molecule has 0 aliphatic carbocycles. The minimum Gasteiger partial charge on any atom is -0.353 e. The summed E-state index contributed by atoms with van der Waals surface area (Å²) < 4.78 is 39.7. The molecule has 0 aromatic heterocycles. The molecule has 2 aromatic carbocycles. The molecule has 0 aliphatic heterocycles. The van der Waals surface area contributed by atoms with E-state index in [1.807, 2.05) is 6.07 Å². The average molecular weight is 327 g/mol. The summed E-state index contributed by atoms with van der Waals surface area (Å²) in [5.41, 5.74) is 0.402. The van der Waals surface area contributed by atoms with Crippen LogP contribution in [-0.2, 0) is 0 Å². The highest BCUT2D eigenvalue weighted by molar-refractivity contribution is 9.10. The average Bonchev–Trinajstić information content (AvgIpc) is 2.40. The summed E-state index contributed by atoms with van der Waals surface area (Å²) >= 11 is 2.96. The number of hydrogen-bond donors (Lipinski definition) is 1. The van der Waals surface area contributed by atoms with Crippen molar-refractivity contribution in [3.8, 4) is 6.07 Å². The first kappa shape index (κ1) is 13.4. The van der Waals surface area contributed by atoms with Crippen LogP contribution in [0.15, 0.2) is 34.8 Å². The fourth-order valence-electron chi connectivity index (χ4n) is 1.46. The standard InChI is InChI=1S/C13H6BrF3N2/c14-12-7(6-18)1-4-11(13(12)17)19-8-2-3-9(15)10(16)5-8/h1-5,19H. The summed E-state index contributed by atoms with van der Waals surface area (Å²) in [7, 11) is 0. The van der Waals surface area contributed by atoms with Crippen LogP contribution in [0.2, 0.25) is 0 Å². The van der Waals surface area contributed by atoms with Crippen molar-refractivity contribution in [1.82, 2.24) is 0 Å². The zero-order chi connectivity index (χ0) is 14.0. The van der Waals surface area contributed by atoms with Gasteiger partial charge in [0.1, 0.15) is 6.07 Å². The van der Waals surface area contributed by atoms with Crippen LogP contribution in [0, 0.1) is 28.8 Å². The van der Waals surface area contributed by atoms with Crippen LogP contribution in [0.25, 0.3) is 0 Å². The lowest BCUT2D eigenvalue weighted by Crippen LogP contribution is -1.97. The molecule has 0 atom stereocenters. The molecule has 2 rings (SSSR count). The molecule has 96 valence electrons. The Morgan fingerprint density at radius 2 is 1.79 bits per heavy atom. The molecule has 2 aromatic rings. The third-order valence-corrected chi connectivity index (χ3v) is 3.18. The second-order valence-electron chi connectivity index (χ2n) is 3.65. The van der Waals surface area contributed by atoms with Gasteiger partial charge in [0.05, 0.1) is 15.7 Å². The molecule has 1 N–H and O–H groups in total. The number of nitrogens with one attached hydrogen (secondary N) is 1. The van der Waals surface area contributed by atoms with Crippen molar-refractivity contribution in [1.29, 1.82) is 5.26 Å². The fourth-order valence-corrected chi connectivity index (χ4v) is 1.90. The summed E-state index contributed by atoms with van der Waals surface area (Å²) in [6.07, 6.45) is 0. The van der Waals surface area contributed by atoms with Crippen molar-refractivity contribution in [2.75, 3.05) is 5.32 Å². The lowest BCUT2D eigenvalue weighted by atomic mass is 10.2. The molecule has 0 fully saturated rings. The van der Waals surface area contributed by atoms with Gasteiger partial charge in [-0.25, -0.2) is 13.2 Å². The van der Waals surface area contributed by atoms with Gasteiger partial charge in [-0.2, -0.15) is 5.26 Å². The van der Waals surface area contributed by atoms with Crippen LogP contribution in [-0.4, -0.2) is 0 Å². The topological polar surface area (TPSA) is 35.8 Å². The van der Waals surface area contributed by atoms with E-state index >= 15 is 0 Å². The fraction of sp³-hybridized carbons (Fsp3) is 0. The Bertz CT molecular complexity index is 680. The molecular formula is C13H6BrF3N2. The highest BCUT2D eigenvalue weighted by Crippen LogP contribution is 2.29. The van der Waals surface area contributed by atoms with Gasteiger partial charge in [-0.1, -0.05) is 0 Å². The molecule has 0 unspecified atom stereocenters. The third-order valence-electron chi connectivity index (χ3n) is 2.40. The Morgan fingerprint density at radius 1 is 1.05 bits per heavy atom. The van der Waals surface area contributed by atoms with E-state index in [2.05, 4.69) is 21.2 Å². The van der Waals surface area contributed by atoms with Gasteiger partial charge in [0.25, 0.3) is 0 Å². The molecule has 0 saturated carbocycles. The quantitative estimate of drug-likeness (QED) is 0.883. The summed E-state index contributed by atoms with van der Waals surface area (Å²) in [5, 5.41) is 11.3. The number of nitriles is 1. The largest absolute Gasteiger partial charge is 0.353 e. The van der Waals surface area contributed by atoms with Gasteiger partial charge in [0.15, 0.2) is 17.5 Å². The maximum absolute atomic E-state index is 13.9. The Kier molecular flexibility index (Phi) is 3.76. The first-order chi connectivity index (χ1) is 9.02. The number of halogens is 4. The van der Waals surface area contributed by atoms with E-state index in [1.54, 1.807) is 0 Å². The Balaban J connectivity index is 2.36. The molecule has 2 nitrogen and oxygen atoms in total. The van der Waals surface area contributed by atoms with Crippen molar-refractivity contribution in [3.05, 3.63) is 57.8 Å². The van der Waals surface area contributed by atoms with Crippen LogP contribution in [0.3, 0.4) is 0 Å². The maximum Gasteiger partial charge on any atom is 0.162 e. The van der Waals surface area contributed by atoms with Crippen molar-refractivity contribution < 1.29 is 13.2 Å². The summed E-state index contributed by atoms with van der Waals surface area (Å²) in [5.74, 6) is -2.69. The molecule has 6 heteroatoms. The lowest BCUT2D eigenvalue weighted by molar-refractivity contribution is 0.509. The molecule has 19 heavy (non-hydrogen) atoms. The van der Waals surface area contributed by atoms with Gasteiger partial charge in [-0.05, 0) is 40.2 Å². The van der Waals surface area contributed by atoms with Crippen LogP contribution in [0.1, 0.15) is 5.56 Å². The molecule has 0 spiro atoms. The Morgan fingerprint density at radius 3 is 2.42 bits per heavy atom. The van der Waals surface area contributed by atoms with E-state index in [1.165, 1.54) is 18.2 Å². The van der Waals surface area contributed by atoms with E-state index < -0.39 is 17.5 Å². The maximum atomic E-state index is 13.9. The normalized spacial score (nSPS) is 10.1.